The van der Waals surface area contributed by atoms with Crippen molar-refractivity contribution in [3.8, 4) is 6.07 Å². The Bertz CT molecular complexity index is 1100. The third-order valence-electron chi connectivity index (χ3n) is 6.68. The van der Waals surface area contributed by atoms with Gasteiger partial charge in [-0.3, -0.25) is 4.79 Å². The third kappa shape index (κ3) is 5.41. The van der Waals surface area contributed by atoms with E-state index in [1.165, 1.54) is 18.5 Å². The summed E-state index contributed by atoms with van der Waals surface area (Å²) in [5.41, 5.74) is 0.270. The predicted molar refractivity (Wildman–Crippen MR) is 129 cm³/mol. The first-order chi connectivity index (χ1) is 16.2. The number of rotatable bonds is 8. The maximum atomic E-state index is 13.1. The molecule has 34 heavy (non-hydrogen) atoms. The third-order valence-corrected chi connectivity index (χ3v) is 6.97. The minimum Gasteiger partial charge on any atom is -0.390 e. The van der Waals surface area contributed by atoms with Gasteiger partial charge in [0, 0.05) is 49.7 Å². The van der Waals surface area contributed by atoms with E-state index in [-0.39, 0.29) is 17.4 Å². The van der Waals surface area contributed by atoms with E-state index in [1.54, 1.807) is 19.9 Å². The van der Waals surface area contributed by atoms with Crippen LogP contribution < -0.4 is 16.0 Å². The predicted octanol–water partition coefficient (Wildman–Crippen LogP) is 3.62. The fourth-order valence-electron chi connectivity index (χ4n) is 4.10. The number of carbonyl (C=O) groups excluding carboxylic acids is 1. The van der Waals surface area contributed by atoms with Gasteiger partial charge in [0.15, 0.2) is 0 Å². The SMILES string of the molecule is CC(C)(O)C1(CNC(=O)c2cnc(Nc3ncc(C#N)cc3Cl)cc2NC2CCOCC2)CC1. The van der Waals surface area contributed by atoms with E-state index < -0.39 is 5.60 Å². The first-order valence-electron chi connectivity index (χ1n) is 11.4. The van der Waals surface area contributed by atoms with Crippen molar-refractivity contribution in [1.82, 2.24) is 15.3 Å². The molecule has 10 heteroatoms. The van der Waals surface area contributed by atoms with Crippen LogP contribution in [0.3, 0.4) is 0 Å². The summed E-state index contributed by atoms with van der Waals surface area (Å²) in [4.78, 5) is 21.7. The molecule has 2 aromatic rings. The average Bonchev–Trinajstić information content (AvgIpc) is 3.61. The number of nitriles is 1. The van der Waals surface area contributed by atoms with Crippen molar-refractivity contribution < 1.29 is 14.6 Å². The van der Waals surface area contributed by atoms with Crippen molar-refractivity contribution in [3.63, 3.8) is 0 Å². The molecular weight excluding hydrogens is 456 g/mol. The second-order valence-corrected chi connectivity index (χ2v) is 9.87. The van der Waals surface area contributed by atoms with Crippen LogP contribution in [0, 0.1) is 16.7 Å². The Labute approximate surface area is 203 Å². The Hall–Kier alpha value is -2.93. The second kappa shape index (κ2) is 9.74. The molecule has 1 aliphatic carbocycles. The molecule has 9 nitrogen and oxygen atoms in total. The smallest absolute Gasteiger partial charge is 0.254 e. The van der Waals surface area contributed by atoms with E-state index in [2.05, 4.69) is 25.9 Å². The standard InChI is InChI=1S/C24H29ClN6O3/c1-23(2,33)24(5-6-24)14-29-22(32)17-13-27-20(10-19(17)30-16-3-7-34-8-4-16)31-21-18(25)9-15(11-26)12-28-21/h9-10,12-13,16,33H,3-8,14H2,1-2H3,(H,29,32)(H2,27,28,30,31). The molecule has 2 fully saturated rings. The van der Waals surface area contributed by atoms with Gasteiger partial charge in [-0.15, -0.1) is 0 Å². The number of ether oxygens (including phenoxy) is 1. The molecule has 0 aromatic carbocycles. The number of aliphatic hydroxyl groups is 1. The van der Waals surface area contributed by atoms with E-state index in [1.807, 2.05) is 6.07 Å². The van der Waals surface area contributed by atoms with Crippen LogP contribution in [0.5, 0.6) is 0 Å². The summed E-state index contributed by atoms with van der Waals surface area (Å²) in [6, 6.07) is 5.44. The summed E-state index contributed by atoms with van der Waals surface area (Å²) in [5, 5.41) is 29.3. The van der Waals surface area contributed by atoms with Gasteiger partial charge in [0.1, 0.15) is 17.7 Å². The molecule has 0 bridgehead atoms. The molecule has 1 aliphatic heterocycles. The summed E-state index contributed by atoms with van der Waals surface area (Å²) in [6.45, 7) is 5.29. The van der Waals surface area contributed by atoms with Gasteiger partial charge in [0.25, 0.3) is 5.91 Å². The van der Waals surface area contributed by atoms with Crippen LogP contribution in [0.15, 0.2) is 24.5 Å². The van der Waals surface area contributed by atoms with Crippen molar-refractivity contribution in [2.45, 2.75) is 51.2 Å². The number of amides is 1. The van der Waals surface area contributed by atoms with Crippen LogP contribution in [0.2, 0.25) is 5.02 Å². The average molecular weight is 485 g/mol. The van der Waals surface area contributed by atoms with Crippen LogP contribution in [0.1, 0.15) is 55.5 Å². The molecule has 0 spiro atoms. The lowest BCUT2D eigenvalue weighted by molar-refractivity contribution is 0.00303. The van der Waals surface area contributed by atoms with Crippen LogP contribution in [-0.2, 0) is 4.74 Å². The Kier molecular flexibility index (Phi) is 6.94. The first-order valence-corrected chi connectivity index (χ1v) is 11.8. The van der Waals surface area contributed by atoms with Gasteiger partial charge in [0.05, 0.1) is 27.4 Å². The highest BCUT2D eigenvalue weighted by Gasteiger charge is 2.53. The van der Waals surface area contributed by atoms with Crippen LogP contribution in [0.4, 0.5) is 17.3 Å². The maximum Gasteiger partial charge on any atom is 0.254 e. The topological polar surface area (TPSA) is 132 Å². The Morgan fingerprint density at radius 1 is 1.29 bits per heavy atom. The molecule has 2 aromatic heterocycles. The lowest BCUT2D eigenvalue weighted by Gasteiger charge is -2.30. The van der Waals surface area contributed by atoms with Crippen LogP contribution >= 0.6 is 11.6 Å². The van der Waals surface area contributed by atoms with E-state index in [0.717, 1.165) is 25.7 Å². The van der Waals surface area contributed by atoms with Crippen molar-refractivity contribution in [2.24, 2.45) is 5.41 Å². The number of halogens is 1. The van der Waals surface area contributed by atoms with Gasteiger partial charge in [0.2, 0.25) is 0 Å². The quantitative estimate of drug-likeness (QED) is 0.446. The van der Waals surface area contributed by atoms with E-state index in [4.69, 9.17) is 21.6 Å². The number of pyridine rings is 2. The van der Waals surface area contributed by atoms with Gasteiger partial charge in [-0.1, -0.05) is 11.6 Å². The van der Waals surface area contributed by atoms with Gasteiger partial charge in [-0.2, -0.15) is 5.26 Å². The molecule has 1 saturated heterocycles. The zero-order valence-corrected chi connectivity index (χ0v) is 20.1. The van der Waals surface area contributed by atoms with E-state index in [0.29, 0.717) is 53.2 Å². The largest absolute Gasteiger partial charge is 0.390 e. The molecule has 0 radical (unpaired) electrons. The normalized spacial score (nSPS) is 17.5. The Balaban J connectivity index is 1.55. The molecule has 1 saturated carbocycles. The van der Waals surface area contributed by atoms with Crippen LogP contribution in [-0.4, -0.2) is 52.4 Å². The zero-order chi connectivity index (χ0) is 24.3. The van der Waals surface area contributed by atoms with E-state index >= 15 is 0 Å². The lowest BCUT2D eigenvalue weighted by Crippen LogP contribution is -2.42. The molecule has 180 valence electrons. The zero-order valence-electron chi connectivity index (χ0n) is 19.3. The summed E-state index contributed by atoms with van der Waals surface area (Å²) >= 11 is 6.24. The summed E-state index contributed by atoms with van der Waals surface area (Å²) in [5.74, 6) is 0.572. The fraction of sp³-hybridized carbons (Fsp3) is 0.500. The number of nitrogens with one attached hydrogen (secondary N) is 3. The number of hydrogen-bond donors (Lipinski definition) is 4. The number of carbonyl (C=O) groups is 1. The molecule has 4 N–H and O–H groups in total. The van der Waals surface area contributed by atoms with Crippen molar-refractivity contribution >= 4 is 34.8 Å². The molecule has 1 amide bonds. The van der Waals surface area contributed by atoms with Crippen LogP contribution in [0.25, 0.3) is 0 Å². The number of hydrogen-bond acceptors (Lipinski definition) is 8. The van der Waals surface area contributed by atoms with E-state index in [9.17, 15) is 9.90 Å². The highest BCUT2D eigenvalue weighted by atomic mass is 35.5. The lowest BCUT2D eigenvalue weighted by atomic mass is 9.87. The molecule has 0 unspecified atom stereocenters. The van der Waals surface area contributed by atoms with Gasteiger partial charge in [-0.25, -0.2) is 9.97 Å². The maximum absolute atomic E-state index is 13.1. The van der Waals surface area contributed by atoms with Crippen molar-refractivity contribution in [2.75, 3.05) is 30.4 Å². The highest BCUT2D eigenvalue weighted by molar-refractivity contribution is 6.33. The Morgan fingerprint density at radius 3 is 2.65 bits per heavy atom. The summed E-state index contributed by atoms with van der Waals surface area (Å²) < 4.78 is 5.45. The summed E-state index contributed by atoms with van der Waals surface area (Å²) in [6.07, 6.45) is 6.36. The number of anilines is 3. The number of nitrogens with zero attached hydrogens (tertiary/aromatic N) is 3. The van der Waals surface area contributed by atoms with Crippen molar-refractivity contribution in [1.29, 1.82) is 5.26 Å². The highest BCUT2D eigenvalue weighted by Crippen LogP contribution is 2.53. The molecule has 0 atom stereocenters. The molecule has 2 aliphatic rings. The summed E-state index contributed by atoms with van der Waals surface area (Å²) in [7, 11) is 0. The van der Waals surface area contributed by atoms with Crippen molar-refractivity contribution in [3.05, 3.63) is 40.7 Å². The monoisotopic (exact) mass is 484 g/mol. The molecular formula is C24H29ClN6O3. The van der Waals surface area contributed by atoms with Gasteiger partial charge in [-0.05, 0) is 45.6 Å². The Morgan fingerprint density at radius 2 is 2.03 bits per heavy atom. The fourth-order valence-corrected chi connectivity index (χ4v) is 4.31. The molecule has 3 heterocycles. The second-order valence-electron chi connectivity index (χ2n) is 9.46. The minimum atomic E-state index is -0.858. The van der Waals surface area contributed by atoms with Gasteiger partial charge >= 0.3 is 0 Å². The molecule has 4 rings (SSSR count). The first kappa shape index (κ1) is 24.2. The minimum absolute atomic E-state index is 0.165. The van der Waals surface area contributed by atoms with Gasteiger partial charge < -0.3 is 25.8 Å². The number of aromatic nitrogens is 2.